The maximum Gasteiger partial charge on any atom is 0.179 e. The molecule has 2 fully saturated rings. The van der Waals surface area contributed by atoms with E-state index in [0.29, 0.717) is 26.2 Å². The van der Waals surface area contributed by atoms with Gasteiger partial charge in [0.15, 0.2) is 6.19 Å². The van der Waals surface area contributed by atoms with E-state index in [1.807, 2.05) is 37.5 Å². The number of hydrogen-bond donors (Lipinski definition) is 2. The number of nitriles is 1. The van der Waals surface area contributed by atoms with Gasteiger partial charge in [-0.25, -0.2) is 0 Å². The summed E-state index contributed by atoms with van der Waals surface area (Å²) in [6, 6.07) is 7.80. The summed E-state index contributed by atoms with van der Waals surface area (Å²) >= 11 is 0. The molecule has 3 heterocycles. The molecule has 1 aromatic carbocycles. The van der Waals surface area contributed by atoms with Crippen LogP contribution in [0.3, 0.4) is 0 Å². The Morgan fingerprint density at radius 3 is 2.78 bits per heavy atom. The summed E-state index contributed by atoms with van der Waals surface area (Å²) in [5.74, 6) is 0. The summed E-state index contributed by atoms with van der Waals surface area (Å²) < 4.78 is 27.5. The first kappa shape index (κ1) is 18.1. The molecule has 4 rings (SSSR count). The van der Waals surface area contributed by atoms with Gasteiger partial charge in [-0.05, 0) is 30.5 Å². The molecular formula is C18H24N6O2S. The molecule has 8 nitrogen and oxygen atoms in total. The van der Waals surface area contributed by atoms with Crippen LogP contribution >= 0.6 is 11.0 Å². The lowest BCUT2D eigenvalue weighted by Crippen LogP contribution is -2.50. The van der Waals surface area contributed by atoms with Crippen molar-refractivity contribution in [3.8, 4) is 17.3 Å². The molecule has 2 aliphatic rings. The van der Waals surface area contributed by atoms with Crippen LogP contribution in [0.25, 0.3) is 11.1 Å². The SMILES string of the molecule is Cn1cc(-c2cccc(N3CCCN(C4CCN(C#N)C4)S3(O)O)c2)cn1. The number of aryl methyl sites for hydroxylation is 1. The van der Waals surface area contributed by atoms with Gasteiger partial charge < -0.3 is 4.90 Å². The standard InChI is InChI=1S/C18H24N6O2S/c1-21-12-16(11-20-21)15-4-2-5-17(10-15)23-7-3-8-24(27(23,25)26)18-6-9-22(13-18)14-19/h2,4-5,10-12,18,25-26H,3,6-9,13H2,1H3. The topological polar surface area (TPSA) is 91.8 Å². The molecule has 144 valence electrons. The molecular weight excluding hydrogens is 364 g/mol. The second kappa shape index (κ2) is 7.05. The molecule has 9 heteroatoms. The Morgan fingerprint density at radius 2 is 2.07 bits per heavy atom. The van der Waals surface area contributed by atoms with Crippen LogP contribution in [0.1, 0.15) is 12.8 Å². The maximum absolute atomic E-state index is 11.1. The number of aromatic nitrogens is 2. The van der Waals surface area contributed by atoms with Crippen molar-refractivity contribution in [1.82, 2.24) is 19.0 Å². The van der Waals surface area contributed by atoms with E-state index >= 15 is 0 Å². The van der Waals surface area contributed by atoms with E-state index in [0.717, 1.165) is 29.7 Å². The van der Waals surface area contributed by atoms with Gasteiger partial charge >= 0.3 is 0 Å². The van der Waals surface area contributed by atoms with E-state index in [2.05, 4.69) is 11.3 Å². The summed E-state index contributed by atoms with van der Waals surface area (Å²) in [6.45, 7) is 2.44. The highest BCUT2D eigenvalue weighted by atomic mass is 32.3. The Labute approximate surface area is 160 Å². The molecule has 1 unspecified atom stereocenters. The van der Waals surface area contributed by atoms with Crippen LogP contribution in [-0.2, 0) is 7.05 Å². The minimum atomic E-state index is -3.12. The van der Waals surface area contributed by atoms with Crippen LogP contribution < -0.4 is 4.31 Å². The molecule has 0 spiro atoms. The van der Waals surface area contributed by atoms with E-state index in [4.69, 9.17) is 5.26 Å². The summed E-state index contributed by atoms with van der Waals surface area (Å²) in [5, 5.41) is 13.3. The summed E-state index contributed by atoms with van der Waals surface area (Å²) in [4.78, 5) is 1.68. The van der Waals surface area contributed by atoms with Crippen molar-refractivity contribution in [2.24, 2.45) is 7.05 Å². The third-order valence-electron chi connectivity index (χ3n) is 5.23. The number of likely N-dealkylation sites (tertiary alicyclic amines) is 1. The van der Waals surface area contributed by atoms with E-state index in [9.17, 15) is 9.11 Å². The van der Waals surface area contributed by atoms with Gasteiger partial charge in [0.25, 0.3) is 0 Å². The van der Waals surface area contributed by atoms with Gasteiger partial charge in [-0.1, -0.05) is 23.1 Å². The predicted molar refractivity (Wildman–Crippen MR) is 106 cm³/mol. The molecule has 0 aliphatic carbocycles. The highest BCUT2D eigenvalue weighted by Crippen LogP contribution is 2.54. The summed E-state index contributed by atoms with van der Waals surface area (Å²) in [5.41, 5.74) is 2.77. The van der Waals surface area contributed by atoms with Crippen LogP contribution in [-0.4, -0.2) is 60.3 Å². The molecule has 2 saturated heterocycles. The average molecular weight is 388 g/mol. The minimum absolute atomic E-state index is 0.0149. The number of rotatable bonds is 3. The first-order valence-electron chi connectivity index (χ1n) is 9.05. The van der Waals surface area contributed by atoms with Gasteiger partial charge in [-0.2, -0.15) is 14.7 Å². The zero-order chi connectivity index (χ0) is 19.0. The summed E-state index contributed by atoms with van der Waals surface area (Å²) in [7, 11) is -1.24. The van der Waals surface area contributed by atoms with Crippen LogP contribution in [0.5, 0.6) is 0 Å². The number of nitrogens with zero attached hydrogens (tertiary/aromatic N) is 6. The van der Waals surface area contributed by atoms with Gasteiger partial charge in [-0.3, -0.25) is 18.1 Å². The van der Waals surface area contributed by atoms with Gasteiger partial charge in [0.05, 0.1) is 17.9 Å². The molecule has 1 aromatic heterocycles. The zero-order valence-corrected chi connectivity index (χ0v) is 16.1. The van der Waals surface area contributed by atoms with E-state index in [1.54, 1.807) is 24.4 Å². The van der Waals surface area contributed by atoms with Gasteiger partial charge in [-0.15, -0.1) is 0 Å². The maximum atomic E-state index is 11.1. The van der Waals surface area contributed by atoms with Crippen molar-refractivity contribution in [3.63, 3.8) is 0 Å². The van der Waals surface area contributed by atoms with Crippen LogP contribution in [0.4, 0.5) is 5.69 Å². The van der Waals surface area contributed by atoms with Crippen molar-refractivity contribution in [2.75, 3.05) is 30.5 Å². The smallest absolute Gasteiger partial charge is 0.179 e. The fraction of sp³-hybridized carbons (Fsp3) is 0.444. The lowest BCUT2D eigenvalue weighted by atomic mass is 10.1. The van der Waals surface area contributed by atoms with Crippen molar-refractivity contribution in [2.45, 2.75) is 18.9 Å². The van der Waals surface area contributed by atoms with E-state index < -0.39 is 11.0 Å². The number of hydrogen-bond acceptors (Lipinski definition) is 7. The monoisotopic (exact) mass is 388 g/mol. The molecule has 27 heavy (non-hydrogen) atoms. The van der Waals surface area contributed by atoms with Crippen LogP contribution in [0, 0.1) is 11.5 Å². The predicted octanol–water partition coefficient (Wildman–Crippen LogP) is 2.74. The van der Waals surface area contributed by atoms with Gasteiger partial charge in [0.2, 0.25) is 0 Å². The van der Waals surface area contributed by atoms with Crippen molar-refractivity contribution >= 4 is 16.6 Å². The van der Waals surface area contributed by atoms with Gasteiger partial charge in [0, 0.05) is 45.0 Å². The number of anilines is 1. The largest absolute Gasteiger partial charge is 0.309 e. The Balaban J connectivity index is 1.61. The second-order valence-corrected chi connectivity index (χ2v) is 8.92. The van der Waals surface area contributed by atoms with Crippen molar-refractivity contribution < 1.29 is 9.11 Å². The fourth-order valence-electron chi connectivity index (χ4n) is 3.87. The lowest BCUT2D eigenvalue weighted by molar-refractivity contribution is 0.266. The van der Waals surface area contributed by atoms with E-state index in [-0.39, 0.29) is 6.04 Å². The van der Waals surface area contributed by atoms with Crippen molar-refractivity contribution in [3.05, 3.63) is 36.7 Å². The quantitative estimate of drug-likeness (QED) is 0.781. The highest BCUT2D eigenvalue weighted by Gasteiger charge is 2.41. The third-order valence-corrected chi connectivity index (χ3v) is 7.33. The third kappa shape index (κ3) is 3.37. The molecule has 0 bridgehead atoms. The first-order chi connectivity index (χ1) is 13.0. The molecule has 0 saturated carbocycles. The van der Waals surface area contributed by atoms with Crippen LogP contribution in [0.2, 0.25) is 0 Å². The Bertz CT molecular complexity index is 864. The molecule has 1 atom stereocenters. The molecule has 0 radical (unpaired) electrons. The highest BCUT2D eigenvalue weighted by molar-refractivity contribution is 8.23. The average Bonchev–Trinajstić information content (AvgIpc) is 3.30. The van der Waals surface area contributed by atoms with Crippen molar-refractivity contribution in [1.29, 1.82) is 5.26 Å². The summed E-state index contributed by atoms with van der Waals surface area (Å²) in [6.07, 6.45) is 7.52. The Morgan fingerprint density at radius 1 is 1.22 bits per heavy atom. The normalized spacial score (nSPS) is 24.0. The lowest BCUT2D eigenvalue weighted by Gasteiger charge is -2.55. The molecule has 2 N–H and O–H groups in total. The Kier molecular flexibility index (Phi) is 4.74. The second-order valence-electron chi connectivity index (χ2n) is 7.03. The first-order valence-corrected chi connectivity index (χ1v) is 10.5. The Hall–Kier alpha value is -2.25. The fourth-order valence-corrected chi connectivity index (χ4v) is 5.84. The van der Waals surface area contributed by atoms with E-state index in [1.165, 1.54) is 0 Å². The molecule has 2 aromatic rings. The molecule has 2 aliphatic heterocycles. The minimum Gasteiger partial charge on any atom is -0.309 e. The molecule has 0 amide bonds. The van der Waals surface area contributed by atoms with Gasteiger partial charge in [0.1, 0.15) is 0 Å². The van der Waals surface area contributed by atoms with Crippen LogP contribution in [0.15, 0.2) is 36.7 Å². The zero-order valence-electron chi connectivity index (χ0n) is 15.3. The number of benzene rings is 1.